The van der Waals surface area contributed by atoms with E-state index < -0.39 is 0 Å². The predicted octanol–water partition coefficient (Wildman–Crippen LogP) is 2.19. The maximum atomic E-state index is 3.88. The lowest BCUT2D eigenvalue weighted by molar-refractivity contribution is 0.0878. The van der Waals surface area contributed by atoms with Crippen molar-refractivity contribution in [1.29, 1.82) is 0 Å². The molecule has 25 heavy (non-hydrogen) atoms. The summed E-state index contributed by atoms with van der Waals surface area (Å²) in [7, 11) is 2.25. The van der Waals surface area contributed by atoms with Gasteiger partial charge in [0.2, 0.25) is 0 Å². The number of nitrogens with one attached hydrogen (secondary N) is 1. The molecule has 0 radical (unpaired) electrons. The van der Waals surface area contributed by atoms with Crippen LogP contribution >= 0.6 is 0 Å². The Balaban J connectivity index is 1.29. The van der Waals surface area contributed by atoms with Crippen molar-refractivity contribution in [2.75, 3.05) is 52.9 Å². The van der Waals surface area contributed by atoms with E-state index >= 15 is 0 Å². The molecule has 4 heteroatoms. The van der Waals surface area contributed by atoms with Crippen LogP contribution in [0.25, 0.3) is 0 Å². The molecule has 3 fully saturated rings. The summed E-state index contributed by atoms with van der Waals surface area (Å²) in [5.74, 6) is 0. The van der Waals surface area contributed by atoms with E-state index in [1.54, 1.807) is 0 Å². The van der Waals surface area contributed by atoms with Crippen molar-refractivity contribution in [2.45, 2.75) is 43.8 Å². The van der Waals surface area contributed by atoms with E-state index in [1.807, 2.05) is 0 Å². The number of rotatable bonds is 5. The first-order chi connectivity index (χ1) is 12.3. The molecule has 1 aromatic carbocycles. The van der Waals surface area contributed by atoms with Crippen molar-refractivity contribution in [1.82, 2.24) is 20.0 Å². The van der Waals surface area contributed by atoms with Crippen molar-refractivity contribution < 1.29 is 0 Å². The maximum Gasteiger partial charge on any atom is 0.0476 e. The van der Waals surface area contributed by atoms with Gasteiger partial charge in [0.25, 0.3) is 0 Å². The third-order valence-corrected chi connectivity index (χ3v) is 6.53. The molecule has 0 amide bonds. The minimum Gasteiger partial charge on any atom is -0.313 e. The summed E-state index contributed by atoms with van der Waals surface area (Å²) in [5, 5.41) is 3.88. The van der Waals surface area contributed by atoms with Crippen molar-refractivity contribution in [3.63, 3.8) is 0 Å². The number of likely N-dealkylation sites (N-methyl/N-ethyl adjacent to an activating group) is 1. The molecule has 0 spiro atoms. The van der Waals surface area contributed by atoms with Gasteiger partial charge in [0.15, 0.2) is 0 Å². The minimum absolute atomic E-state index is 0.540. The highest BCUT2D eigenvalue weighted by molar-refractivity contribution is 5.20. The first-order valence-corrected chi connectivity index (χ1v) is 10.2. The highest BCUT2D eigenvalue weighted by atomic mass is 15.3. The van der Waals surface area contributed by atoms with Gasteiger partial charge in [-0.3, -0.25) is 4.90 Å². The average Bonchev–Trinajstić information content (AvgIpc) is 3.11. The van der Waals surface area contributed by atoms with Gasteiger partial charge in [-0.2, -0.15) is 0 Å². The first kappa shape index (κ1) is 17.5. The zero-order valence-electron chi connectivity index (χ0n) is 15.7. The molecule has 3 heterocycles. The van der Waals surface area contributed by atoms with E-state index in [-0.39, 0.29) is 0 Å². The van der Waals surface area contributed by atoms with E-state index in [4.69, 9.17) is 0 Å². The molecule has 3 aliphatic rings. The first-order valence-electron chi connectivity index (χ1n) is 10.2. The SMILES string of the molecule is CN1CCN(CCN[C@@H]2CCN3CCC[C@H]3C2)[C@H](c2ccccc2)C1. The maximum absolute atomic E-state index is 3.88. The summed E-state index contributed by atoms with van der Waals surface area (Å²) in [6.07, 6.45) is 5.54. The van der Waals surface area contributed by atoms with Crippen LogP contribution in [0.5, 0.6) is 0 Å². The fraction of sp³-hybridized carbons (Fsp3) is 0.714. The van der Waals surface area contributed by atoms with E-state index in [0.29, 0.717) is 6.04 Å². The fourth-order valence-electron chi connectivity index (χ4n) is 5.04. The number of benzene rings is 1. The zero-order valence-corrected chi connectivity index (χ0v) is 15.7. The van der Waals surface area contributed by atoms with Crippen LogP contribution < -0.4 is 5.32 Å². The summed E-state index contributed by atoms with van der Waals surface area (Å²) < 4.78 is 0. The zero-order chi connectivity index (χ0) is 17.1. The Kier molecular flexibility index (Phi) is 5.71. The average molecular weight is 343 g/mol. The summed E-state index contributed by atoms with van der Waals surface area (Å²) >= 11 is 0. The number of hydrogen-bond acceptors (Lipinski definition) is 4. The Morgan fingerprint density at radius 1 is 1.04 bits per heavy atom. The topological polar surface area (TPSA) is 21.8 Å². The van der Waals surface area contributed by atoms with Crippen LogP contribution in [0.2, 0.25) is 0 Å². The molecular formula is C21H34N4. The second-order valence-corrected chi connectivity index (χ2v) is 8.23. The molecular weight excluding hydrogens is 308 g/mol. The van der Waals surface area contributed by atoms with E-state index in [2.05, 4.69) is 57.4 Å². The lowest BCUT2D eigenvalue weighted by Gasteiger charge is -2.41. The lowest BCUT2D eigenvalue weighted by atomic mass is 9.97. The smallest absolute Gasteiger partial charge is 0.0476 e. The summed E-state index contributed by atoms with van der Waals surface area (Å²) in [5.41, 5.74) is 1.47. The monoisotopic (exact) mass is 342 g/mol. The van der Waals surface area contributed by atoms with Crippen LogP contribution in [0.4, 0.5) is 0 Å². The molecule has 3 saturated heterocycles. The largest absolute Gasteiger partial charge is 0.313 e. The van der Waals surface area contributed by atoms with Gasteiger partial charge in [0.1, 0.15) is 0 Å². The van der Waals surface area contributed by atoms with Gasteiger partial charge in [-0.1, -0.05) is 30.3 Å². The van der Waals surface area contributed by atoms with Gasteiger partial charge in [-0.15, -0.1) is 0 Å². The number of piperidine rings is 1. The van der Waals surface area contributed by atoms with E-state index in [9.17, 15) is 0 Å². The van der Waals surface area contributed by atoms with Gasteiger partial charge in [0.05, 0.1) is 0 Å². The molecule has 3 atom stereocenters. The van der Waals surface area contributed by atoms with Crippen LogP contribution in [0.15, 0.2) is 30.3 Å². The van der Waals surface area contributed by atoms with E-state index in [0.717, 1.165) is 31.7 Å². The van der Waals surface area contributed by atoms with Crippen molar-refractivity contribution in [3.05, 3.63) is 35.9 Å². The summed E-state index contributed by atoms with van der Waals surface area (Å²) in [6, 6.07) is 13.2. The summed E-state index contributed by atoms with van der Waals surface area (Å²) in [4.78, 5) is 7.87. The number of hydrogen-bond donors (Lipinski definition) is 1. The predicted molar refractivity (Wildman–Crippen MR) is 104 cm³/mol. The number of piperazine rings is 1. The fourth-order valence-corrected chi connectivity index (χ4v) is 5.04. The van der Waals surface area contributed by atoms with Crippen molar-refractivity contribution in [2.24, 2.45) is 0 Å². The van der Waals surface area contributed by atoms with Gasteiger partial charge in [-0.25, -0.2) is 0 Å². The second kappa shape index (κ2) is 8.17. The van der Waals surface area contributed by atoms with Crippen LogP contribution in [0.3, 0.4) is 0 Å². The highest BCUT2D eigenvalue weighted by Crippen LogP contribution is 2.27. The number of fused-ring (bicyclic) bond motifs is 1. The van der Waals surface area contributed by atoms with Gasteiger partial charge in [-0.05, 0) is 51.4 Å². The standard InChI is InChI=1S/C21H34N4/c1-23-14-15-25(21(17-23)18-6-3-2-4-7-18)13-10-22-19-9-12-24-11-5-8-20(24)16-19/h2-4,6-7,19-22H,5,8-17H2,1H3/t19-,20+,21+/m1/s1. The molecule has 4 rings (SSSR count). The van der Waals surface area contributed by atoms with Crippen LogP contribution in [-0.2, 0) is 0 Å². The van der Waals surface area contributed by atoms with E-state index in [1.165, 1.54) is 57.4 Å². The third kappa shape index (κ3) is 4.25. The molecule has 0 saturated carbocycles. The molecule has 138 valence electrons. The van der Waals surface area contributed by atoms with Crippen LogP contribution in [-0.4, -0.2) is 79.6 Å². The van der Waals surface area contributed by atoms with Crippen molar-refractivity contribution in [3.8, 4) is 0 Å². The van der Waals surface area contributed by atoms with Gasteiger partial charge in [0, 0.05) is 50.8 Å². The Hall–Kier alpha value is -0.940. The van der Waals surface area contributed by atoms with Crippen molar-refractivity contribution >= 4 is 0 Å². The Labute approximate surface area is 153 Å². The molecule has 0 unspecified atom stereocenters. The van der Waals surface area contributed by atoms with Gasteiger partial charge >= 0.3 is 0 Å². The molecule has 0 aliphatic carbocycles. The molecule has 1 aromatic rings. The number of nitrogens with zero attached hydrogens (tertiary/aromatic N) is 3. The summed E-state index contributed by atoms with van der Waals surface area (Å²) in [6.45, 7) is 8.46. The molecule has 0 aromatic heterocycles. The normalized spacial score (nSPS) is 32.0. The molecule has 1 N–H and O–H groups in total. The lowest BCUT2D eigenvalue weighted by Crippen LogP contribution is -2.50. The van der Waals surface area contributed by atoms with Crippen LogP contribution in [0.1, 0.15) is 37.3 Å². The van der Waals surface area contributed by atoms with Crippen LogP contribution in [0, 0.1) is 0 Å². The third-order valence-electron chi connectivity index (χ3n) is 6.53. The Bertz CT molecular complexity index is 534. The molecule has 0 bridgehead atoms. The molecule has 3 aliphatic heterocycles. The highest BCUT2D eigenvalue weighted by Gasteiger charge is 2.31. The van der Waals surface area contributed by atoms with Gasteiger partial charge < -0.3 is 15.1 Å². The quantitative estimate of drug-likeness (QED) is 0.885. The second-order valence-electron chi connectivity index (χ2n) is 8.23. The molecule has 4 nitrogen and oxygen atoms in total. The minimum atomic E-state index is 0.540. The Morgan fingerprint density at radius 3 is 2.80 bits per heavy atom. The Morgan fingerprint density at radius 2 is 1.92 bits per heavy atom.